The Balaban J connectivity index is 2.72. The molecule has 0 saturated carbocycles. The molecule has 1 aromatic rings. The van der Waals surface area contributed by atoms with Crippen molar-refractivity contribution in [1.29, 1.82) is 0 Å². The minimum Gasteiger partial charge on any atom is -0.369 e. The van der Waals surface area contributed by atoms with Gasteiger partial charge in [0.05, 0.1) is 6.54 Å². The molecular formula is C7H12FN3. The Morgan fingerprint density at radius 1 is 1.73 bits per heavy atom. The first-order chi connectivity index (χ1) is 4.99. The van der Waals surface area contributed by atoms with E-state index in [4.69, 9.17) is 5.73 Å². The quantitative estimate of drug-likeness (QED) is 0.701. The molecule has 0 aliphatic carbocycles. The number of aromatic nitrogens is 2. The van der Waals surface area contributed by atoms with Gasteiger partial charge in [-0.25, -0.2) is 9.37 Å². The minimum absolute atomic E-state index is 0.249. The predicted molar refractivity (Wildman–Crippen MR) is 41.8 cm³/mol. The summed E-state index contributed by atoms with van der Waals surface area (Å²) in [5.74, 6) is 0.357. The predicted octanol–water partition coefficient (Wildman–Crippen LogP) is 1.21. The summed E-state index contributed by atoms with van der Waals surface area (Å²) in [5, 5.41) is 0. The van der Waals surface area contributed by atoms with Gasteiger partial charge in [0.25, 0.3) is 0 Å². The summed E-state index contributed by atoms with van der Waals surface area (Å²) in [7, 11) is 0. The van der Waals surface area contributed by atoms with Crippen molar-refractivity contribution in [3.8, 4) is 0 Å². The highest BCUT2D eigenvalue weighted by atomic mass is 19.1. The van der Waals surface area contributed by atoms with Gasteiger partial charge < -0.3 is 10.3 Å². The van der Waals surface area contributed by atoms with Crippen LogP contribution in [0.4, 0.5) is 10.3 Å². The first-order valence-electron chi connectivity index (χ1n) is 3.44. The van der Waals surface area contributed by atoms with E-state index >= 15 is 0 Å². The van der Waals surface area contributed by atoms with Crippen molar-refractivity contribution in [2.45, 2.75) is 26.1 Å². The van der Waals surface area contributed by atoms with Crippen LogP contribution in [-0.4, -0.2) is 15.2 Å². The highest BCUT2D eigenvalue weighted by Gasteiger charge is 2.16. The number of rotatable bonds is 2. The van der Waals surface area contributed by atoms with E-state index in [1.54, 1.807) is 17.0 Å². The molecule has 0 aliphatic rings. The van der Waals surface area contributed by atoms with E-state index in [-0.39, 0.29) is 6.54 Å². The molecule has 0 unspecified atom stereocenters. The molecule has 0 bridgehead atoms. The normalized spacial score (nSPS) is 11.9. The summed E-state index contributed by atoms with van der Waals surface area (Å²) >= 11 is 0. The van der Waals surface area contributed by atoms with E-state index in [0.717, 1.165) is 0 Å². The molecule has 0 spiro atoms. The van der Waals surface area contributed by atoms with E-state index in [1.165, 1.54) is 13.8 Å². The molecule has 11 heavy (non-hydrogen) atoms. The van der Waals surface area contributed by atoms with Crippen LogP contribution in [0.15, 0.2) is 12.4 Å². The molecule has 3 nitrogen and oxygen atoms in total. The summed E-state index contributed by atoms with van der Waals surface area (Å²) in [6, 6.07) is 0. The molecule has 0 aliphatic heterocycles. The Bertz CT molecular complexity index is 236. The van der Waals surface area contributed by atoms with Crippen molar-refractivity contribution in [2.75, 3.05) is 5.73 Å². The fourth-order valence-electron chi connectivity index (χ4n) is 0.879. The molecule has 1 aromatic heterocycles. The number of nitrogens with zero attached hydrogens (tertiary/aromatic N) is 2. The monoisotopic (exact) mass is 157 g/mol. The first-order valence-corrected chi connectivity index (χ1v) is 3.44. The van der Waals surface area contributed by atoms with Gasteiger partial charge in [0.1, 0.15) is 5.67 Å². The van der Waals surface area contributed by atoms with Crippen LogP contribution in [0.5, 0.6) is 0 Å². The van der Waals surface area contributed by atoms with Crippen LogP contribution in [0, 0.1) is 0 Å². The molecule has 0 fully saturated rings. The summed E-state index contributed by atoms with van der Waals surface area (Å²) in [5.41, 5.74) is 4.19. The summed E-state index contributed by atoms with van der Waals surface area (Å²) in [6.07, 6.45) is 3.22. The molecule has 0 saturated heterocycles. The van der Waals surface area contributed by atoms with E-state index in [0.29, 0.717) is 5.95 Å². The van der Waals surface area contributed by atoms with Crippen molar-refractivity contribution in [3.05, 3.63) is 12.4 Å². The number of hydrogen-bond donors (Lipinski definition) is 1. The van der Waals surface area contributed by atoms with Gasteiger partial charge in [-0.05, 0) is 13.8 Å². The van der Waals surface area contributed by atoms with Gasteiger partial charge in [-0.1, -0.05) is 0 Å². The third-order valence-corrected chi connectivity index (χ3v) is 1.29. The number of anilines is 1. The topological polar surface area (TPSA) is 43.8 Å². The smallest absolute Gasteiger partial charge is 0.200 e. The Morgan fingerprint density at radius 3 is 2.73 bits per heavy atom. The zero-order chi connectivity index (χ0) is 8.48. The largest absolute Gasteiger partial charge is 0.369 e. The van der Waals surface area contributed by atoms with Crippen molar-refractivity contribution >= 4 is 5.95 Å². The molecular weight excluding hydrogens is 145 g/mol. The van der Waals surface area contributed by atoms with Crippen molar-refractivity contribution in [3.63, 3.8) is 0 Å². The third kappa shape index (κ3) is 2.22. The van der Waals surface area contributed by atoms with E-state index < -0.39 is 5.67 Å². The number of halogens is 1. The van der Waals surface area contributed by atoms with Gasteiger partial charge in [-0.3, -0.25) is 0 Å². The number of nitrogens with two attached hydrogens (primary N) is 1. The maximum Gasteiger partial charge on any atom is 0.200 e. The van der Waals surface area contributed by atoms with Crippen molar-refractivity contribution in [1.82, 2.24) is 9.55 Å². The Labute approximate surface area is 65.0 Å². The van der Waals surface area contributed by atoms with Gasteiger partial charge >= 0.3 is 0 Å². The molecule has 2 N–H and O–H groups in total. The molecule has 4 heteroatoms. The van der Waals surface area contributed by atoms with Crippen LogP contribution in [0.3, 0.4) is 0 Å². The standard InChI is InChI=1S/C7H12FN3/c1-7(2,8)5-11-4-3-10-6(11)9/h3-4H,5H2,1-2H3,(H2,9,10). The van der Waals surface area contributed by atoms with Crippen LogP contribution in [0.2, 0.25) is 0 Å². The molecule has 1 rings (SSSR count). The van der Waals surface area contributed by atoms with E-state index in [1.807, 2.05) is 0 Å². The SMILES string of the molecule is CC(C)(F)Cn1ccnc1N. The van der Waals surface area contributed by atoms with Gasteiger partial charge in [0, 0.05) is 12.4 Å². The average molecular weight is 157 g/mol. The summed E-state index contributed by atoms with van der Waals surface area (Å²) in [6.45, 7) is 3.26. The average Bonchev–Trinajstić information content (AvgIpc) is 2.12. The zero-order valence-electron chi connectivity index (χ0n) is 6.71. The van der Waals surface area contributed by atoms with Crippen LogP contribution < -0.4 is 5.73 Å². The molecule has 0 aromatic carbocycles. The van der Waals surface area contributed by atoms with Crippen LogP contribution in [0.1, 0.15) is 13.8 Å². The van der Waals surface area contributed by atoms with Gasteiger partial charge in [0.2, 0.25) is 0 Å². The maximum atomic E-state index is 13.0. The summed E-state index contributed by atoms with van der Waals surface area (Å²) in [4.78, 5) is 3.77. The number of alkyl halides is 1. The highest BCUT2D eigenvalue weighted by Crippen LogP contribution is 2.13. The fourth-order valence-corrected chi connectivity index (χ4v) is 0.879. The lowest BCUT2D eigenvalue weighted by molar-refractivity contribution is 0.187. The van der Waals surface area contributed by atoms with Crippen molar-refractivity contribution in [2.24, 2.45) is 0 Å². The lowest BCUT2D eigenvalue weighted by Gasteiger charge is -2.14. The third-order valence-electron chi connectivity index (χ3n) is 1.29. The van der Waals surface area contributed by atoms with Gasteiger partial charge in [-0.15, -0.1) is 0 Å². The van der Waals surface area contributed by atoms with Crippen LogP contribution >= 0.6 is 0 Å². The molecule has 0 radical (unpaired) electrons. The van der Waals surface area contributed by atoms with Crippen LogP contribution in [-0.2, 0) is 6.54 Å². The Kier molecular flexibility index (Phi) is 1.85. The number of hydrogen-bond acceptors (Lipinski definition) is 2. The van der Waals surface area contributed by atoms with E-state index in [9.17, 15) is 4.39 Å². The molecule has 62 valence electrons. The van der Waals surface area contributed by atoms with Crippen molar-refractivity contribution < 1.29 is 4.39 Å². The Morgan fingerprint density at radius 2 is 2.36 bits per heavy atom. The number of imidazole rings is 1. The van der Waals surface area contributed by atoms with Gasteiger partial charge in [-0.2, -0.15) is 0 Å². The van der Waals surface area contributed by atoms with Crippen LogP contribution in [0.25, 0.3) is 0 Å². The lowest BCUT2D eigenvalue weighted by Crippen LogP contribution is -2.21. The maximum absolute atomic E-state index is 13.0. The molecule has 0 amide bonds. The highest BCUT2D eigenvalue weighted by molar-refractivity contribution is 5.16. The fraction of sp³-hybridized carbons (Fsp3) is 0.571. The van der Waals surface area contributed by atoms with E-state index in [2.05, 4.69) is 4.98 Å². The molecule has 1 heterocycles. The lowest BCUT2D eigenvalue weighted by atomic mass is 10.2. The zero-order valence-corrected chi connectivity index (χ0v) is 6.71. The minimum atomic E-state index is -1.24. The van der Waals surface area contributed by atoms with Gasteiger partial charge in [0.15, 0.2) is 5.95 Å². The second-order valence-electron chi connectivity index (χ2n) is 3.13. The second kappa shape index (κ2) is 2.53. The Hall–Kier alpha value is -1.06. The number of nitrogen functional groups attached to an aromatic ring is 1. The second-order valence-corrected chi connectivity index (χ2v) is 3.13. The molecule has 0 atom stereocenters. The first kappa shape index (κ1) is 8.04. The summed E-state index contributed by atoms with van der Waals surface area (Å²) < 4.78 is 14.6.